The van der Waals surface area contributed by atoms with E-state index in [0.717, 1.165) is 0 Å². The Morgan fingerprint density at radius 3 is 2.10 bits per heavy atom. The highest BCUT2D eigenvalue weighted by Crippen LogP contribution is 2.32. The topological polar surface area (TPSA) is 88.4 Å². The van der Waals surface area contributed by atoms with Crippen molar-refractivity contribution in [2.24, 2.45) is 5.41 Å². The highest BCUT2D eigenvalue weighted by Gasteiger charge is 2.45. The molecule has 5 atom stereocenters. The molecule has 0 aromatic carbocycles. The van der Waals surface area contributed by atoms with Crippen LogP contribution in [-0.2, 0) is 14.2 Å². The van der Waals surface area contributed by atoms with Crippen LogP contribution in [0.3, 0.4) is 0 Å². The van der Waals surface area contributed by atoms with Gasteiger partial charge in [0.2, 0.25) is 0 Å². The van der Waals surface area contributed by atoms with Gasteiger partial charge >= 0.3 is 0 Å². The van der Waals surface area contributed by atoms with Gasteiger partial charge in [-0.15, -0.1) is 0 Å². The largest absolute Gasteiger partial charge is 0.390 e. The van der Waals surface area contributed by atoms with Crippen molar-refractivity contribution < 1.29 is 29.5 Å². The molecule has 1 rings (SSSR count). The van der Waals surface area contributed by atoms with Crippen LogP contribution in [0.2, 0.25) is 0 Å². The molecule has 5 unspecified atom stereocenters. The summed E-state index contributed by atoms with van der Waals surface area (Å²) in [6, 6.07) is 0. The van der Waals surface area contributed by atoms with E-state index in [4.69, 9.17) is 14.2 Å². The molecule has 1 fully saturated rings. The summed E-state index contributed by atoms with van der Waals surface area (Å²) >= 11 is 0. The van der Waals surface area contributed by atoms with E-state index in [1.54, 1.807) is 20.8 Å². The Labute approximate surface area is 120 Å². The third-order valence-electron chi connectivity index (χ3n) is 4.31. The molecule has 1 aliphatic heterocycles. The number of aliphatic hydroxyl groups is 3. The van der Waals surface area contributed by atoms with Crippen LogP contribution >= 0.6 is 0 Å². The summed E-state index contributed by atoms with van der Waals surface area (Å²) in [5.41, 5.74) is -1.47. The van der Waals surface area contributed by atoms with Gasteiger partial charge < -0.3 is 29.5 Å². The third kappa shape index (κ3) is 3.69. The summed E-state index contributed by atoms with van der Waals surface area (Å²) < 4.78 is 16.3. The van der Waals surface area contributed by atoms with Crippen molar-refractivity contribution in [2.75, 3.05) is 13.7 Å². The van der Waals surface area contributed by atoms with Gasteiger partial charge in [-0.2, -0.15) is 0 Å². The number of rotatable bonds is 5. The molecule has 0 bridgehead atoms. The lowest BCUT2D eigenvalue weighted by Crippen LogP contribution is -2.59. The second-order valence-electron chi connectivity index (χ2n) is 6.64. The Hall–Kier alpha value is -0.240. The van der Waals surface area contributed by atoms with Crippen LogP contribution in [0.25, 0.3) is 0 Å². The molecule has 0 aromatic rings. The van der Waals surface area contributed by atoms with Crippen molar-refractivity contribution in [1.29, 1.82) is 0 Å². The molecule has 0 aliphatic carbocycles. The minimum Gasteiger partial charge on any atom is -0.390 e. The van der Waals surface area contributed by atoms with E-state index in [2.05, 4.69) is 0 Å². The van der Waals surface area contributed by atoms with Gasteiger partial charge in [0.05, 0.1) is 18.3 Å². The van der Waals surface area contributed by atoms with E-state index in [-0.39, 0.29) is 6.61 Å². The van der Waals surface area contributed by atoms with Crippen LogP contribution in [0.1, 0.15) is 34.6 Å². The summed E-state index contributed by atoms with van der Waals surface area (Å²) in [7, 11) is 1.46. The molecule has 1 saturated heterocycles. The van der Waals surface area contributed by atoms with Gasteiger partial charge in [-0.05, 0) is 20.8 Å². The summed E-state index contributed by atoms with van der Waals surface area (Å²) in [4.78, 5) is 0. The Morgan fingerprint density at radius 1 is 1.10 bits per heavy atom. The maximum absolute atomic E-state index is 10.1. The van der Waals surface area contributed by atoms with Crippen LogP contribution in [0, 0.1) is 5.41 Å². The monoisotopic (exact) mass is 292 g/mol. The van der Waals surface area contributed by atoms with Crippen LogP contribution in [0.4, 0.5) is 0 Å². The molecule has 0 radical (unpaired) electrons. The second-order valence-corrected chi connectivity index (χ2v) is 6.64. The Kier molecular flexibility index (Phi) is 5.57. The number of aliphatic hydroxyl groups excluding tert-OH is 2. The van der Waals surface area contributed by atoms with Gasteiger partial charge in [0, 0.05) is 12.5 Å². The minimum absolute atomic E-state index is 0.197. The van der Waals surface area contributed by atoms with Gasteiger partial charge in [-0.1, -0.05) is 13.8 Å². The summed E-state index contributed by atoms with van der Waals surface area (Å²) in [5, 5.41) is 30.1. The summed E-state index contributed by atoms with van der Waals surface area (Å²) in [6.45, 7) is 9.00. The molecule has 6 nitrogen and oxygen atoms in total. The zero-order chi connectivity index (χ0) is 15.7. The van der Waals surface area contributed by atoms with Crippen LogP contribution in [0.15, 0.2) is 0 Å². The van der Waals surface area contributed by atoms with E-state index in [0.29, 0.717) is 0 Å². The van der Waals surface area contributed by atoms with E-state index >= 15 is 0 Å². The highest BCUT2D eigenvalue weighted by atomic mass is 16.7. The van der Waals surface area contributed by atoms with Crippen molar-refractivity contribution in [2.45, 2.75) is 70.9 Å². The van der Waals surface area contributed by atoms with Crippen molar-refractivity contribution >= 4 is 0 Å². The normalized spacial score (nSPS) is 36.1. The van der Waals surface area contributed by atoms with Crippen molar-refractivity contribution in [3.8, 4) is 0 Å². The Balaban J connectivity index is 2.74. The fourth-order valence-corrected chi connectivity index (χ4v) is 1.85. The van der Waals surface area contributed by atoms with Crippen molar-refractivity contribution in [3.05, 3.63) is 0 Å². The van der Waals surface area contributed by atoms with Gasteiger partial charge in [0.1, 0.15) is 18.3 Å². The molecule has 0 aromatic heterocycles. The molecule has 1 aliphatic rings. The van der Waals surface area contributed by atoms with Crippen molar-refractivity contribution in [3.63, 3.8) is 0 Å². The zero-order valence-electron chi connectivity index (χ0n) is 13.2. The molecule has 0 spiro atoms. The predicted octanol–water partition coefficient (Wildman–Crippen LogP) is 0.282. The average Bonchev–Trinajstić information content (AvgIpc) is 2.33. The molecular weight excluding hydrogens is 264 g/mol. The lowest BCUT2D eigenvalue weighted by Gasteiger charge is -2.43. The smallest absolute Gasteiger partial charge is 0.186 e. The lowest BCUT2D eigenvalue weighted by molar-refractivity contribution is -0.301. The number of hydrogen-bond donors (Lipinski definition) is 3. The van der Waals surface area contributed by atoms with Crippen LogP contribution < -0.4 is 0 Å². The van der Waals surface area contributed by atoms with E-state index in [9.17, 15) is 15.3 Å². The van der Waals surface area contributed by atoms with Crippen LogP contribution in [-0.4, -0.2) is 65.3 Å². The molecular formula is C14H28O6. The van der Waals surface area contributed by atoms with Gasteiger partial charge in [-0.25, -0.2) is 0 Å². The average molecular weight is 292 g/mol. The first-order chi connectivity index (χ1) is 9.01. The first kappa shape index (κ1) is 17.8. The van der Waals surface area contributed by atoms with E-state index in [1.807, 2.05) is 13.8 Å². The first-order valence-electron chi connectivity index (χ1n) is 6.89. The van der Waals surface area contributed by atoms with Gasteiger partial charge in [-0.3, -0.25) is 0 Å². The summed E-state index contributed by atoms with van der Waals surface area (Å²) in [5.74, 6) is 0. The maximum atomic E-state index is 10.1. The fourth-order valence-electron chi connectivity index (χ4n) is 1.85. The molecule has 120 valence electrons. The highest BCUT2D eigenvalue weighted by molar-refractivity contribution is 4.91. The number of hydrogen-bond acceptors (Lipinski definition) is 6. The second kappa shape index (κ2) is 6.25. The lowest BCUT2D eigenvalue weighted by atomic mass is 9.78. The quantitative estimate of drug-likeness (QED) is 0.674. The SMILES string of the molecule is COC1OC(C)C(O)C(O)C1OCC(C)(C)C(C)(C)O. The Bertz CT molecular complexity index is 309. The van der Waals surface area contributed by atoms with Gasteiger partial charge in [0.25, 0.3) is 0 Å². The zero-order valence-corrected chi connectivity index (χ0v) is 13.2. The molecule has 0 amide bonds. The molecule has 1 heterocycles. The Morgan fingerprint density at radius 2 is 1.65 bits per heavy atom. The predicted molar refractivity (Wildman–Crippen MR) is 73.2 cm³/mol. The first-order valence-corrected chi connectivity index (χ1v) is 6.89. The number of ether oxygens (including phenoxy) is 3. The standard InChI is InChI=1S/C14H28O6/c1-8-9(15)10(16)11(12(18-6)20-8)19-7-13(2,3)14(4,5)17/h8-12,15-17H,7H2,1-6H3. The van der Waals surface area contributed by atoms with Crippen molar-refractivity contribution in [1.82, 2.24) is 0 Å². The fraction of sp³-hybridized carbons (Fsp3) is 1.00. The van der Waals surface area contributed by atoms with E-state index < -0.39 is 41.7 Å². The van der Waals surface area contributed by atoms with Gasteiger partial charge in [0.15, 0.2) is 6.29 Å². The van der Waals surface area contributed by atoms with Crippen LogP contribution in [0.5, 0.6) is 0 Å². The maximum Gasteiger partial charge on any atom is 0.186 e. The van der Waals surface area contributed by atoms with E-state index in [1.165, 1.54) is 7.11 Å². The molecule has 20 heavy (non-hydrogen) atoms. The number of methoxy groups -OCH3 is 1. The molecule has 6 heteroatoms. The molecule has 0 saturated carbocycles. The molecule has 3 N–H and O–H groups in total. The third-order valence-corrected chi connectivity index (χ3v) is 4.31. The minimum atomic E-state index is -1.10. The summed E-state index contributed by atoms with van der Waals surface area (Å²) in [6.07, 6.45) is -4.20.